The van der Waals surface area contributed by atoms with Gasteiger partial charge in [0.25, 0.3) is 0 Å². The molecular formula is C14H19ClFNO. The van der Waals surface area contributed by atoms with Gasteiger partial charge in [-0.15, -0.1) is 11.6 Å². The first-order valence-electron chi connectivity index (χ1n) is 6.29. The predicted octanol–water partition coefficient (Wildman–Crippen LogP) is 3.28. The zero-order valence-electron chi connectivity index (χ0n) is 10.8. The lowest BCUT2D eigenvalue weighted by molar-refractivity contribution is 0.187. The van der Waals surface area contributed by atoms with Crippen LogP contribution in [0.2, 0.25) is 0 Å². The SMILES string of the molecule is COc1cccc(CN2CCC(C)C(Cl)C2)c1F. The van der Waals surface area contributed by atoms with Crippen molar-refractivity contribution in [3.63, 3.8) is 0 Å². The molecule has 0 amide bonds. The van der Waals surface area contributed by atoms with E-state index in [1.807, 2.05) is 6.07 Å². The number of piperidine rings is 1. The third kappa shape index (κ3) is 2.96. The van der Waals surface area contributed by atoms with Gasteiger partial charge >= 0.3 is 0 Å². The molecule has 1 aliphatic rings. The number of alkyl halides is 1. The highest BCUT2D eigenvalue weighted by molar-refractivity contribution is 6.21. The second-order valence-corrected chi connectivity index (χ2v) is 5.51. The molecule has 1 aliphatic heterocycles. The first-order valence-corrected chi connectivity index (χ1v) is 6.73. The normalized spacial score (nSPS) is 25.1. The number of halogens is 2. The van der Waals surface area contributed by atoms with Crippen molar-refractivity contribution in [2.45, 2.75) is 25.3 Å². The molecule has 0 spiro atoms. The van der Waals surface area contributed by atoms with Crippen LogP contribution in [0.25, 0.3) is 0 Å². The summed E-state index contributed by atoms with van der Waals surface area (Å²) < 4.78 is 19.0. The number of hydrogen-bond donors (Lipinski definition) is 0. The van der Waals surface area contributed by atoms with Crippen LogP contribution >= 0.6 is 11.6 Å². The van der Waals surface area contributed by atoms with Crippen LogP contribution < -0.4 is 4.74 Å². The van der Waals surface area contributed by atoms with Gasteiger partial charge in [0.1, 0.15) is 0 Å². The molecule has 1 aromatic rings. The Labute approximate surface area is 113 Å². The number of nitrogens with zero attached hydrogens (tertiary/aromatic N) is 1. The molecule has 2 rings (SSSR count). The van der Waals surface area contributed by atoms with Crippen molar-refractivity contribution in [3.05, 3.63) is 29.6 Å². The second-order valence-electron chi connectivity index (χ2n) is 4.95. The van der Waals surface area contributed by atoms with Gasteiger partial charge in [-0.3, -0.25) is 4.90 Å². The van der Waals surface area contributed by atoms with Crippen LogP contribution in [0.5, 0.6) is 5.75 Å². The Kier molecular flexibility index (Phi) is 4.46. The number of likely N-dealkylation sites (tertiary alicyclic amines) is 1. The molecule has 2 unspecified atom stereocenters. The van der Waals surface area contributed by atoms with Gasteiger partial charge in [-0.25, -0.2) is 4.39 Å². The monoisotopic (exact) mass is 271 g/mol. The Morgan fingerprint density at radius 2 is 2.28 bits per heavy atom. The van der Waals surface area contributed by atoms with Crippen LogP contribution in [0.4, 0.5) is 4.39 Å². The van der Waals surface area contributed by atoms with E-state index in [1.165, 1.54) is 7.11 Å². The Bertz CT molecular complexity index is 413. The summed E-state index contributed by atoms with van der Waals surface area (Å²) in [5.41, 5.74) is 0.674. The van der Waals surface area contributed by atoms with Gasteiger partial charge in [0.2, 0.25) is 0 Å². The van der Waals surface area contributed by atoms with E-state index in [0.717, 1.165) is 19.5 Å². The lowest BCUT2D eigenvalue weighted by Crippen LogP contribution is -2.39. The average Bonchev–Trinajstić information content (AvgIpc) is 2.36. The van der Waals surface area contributed by atoms with E-state index < -0.39 is 0 Å². The average molecular weight is 272 g/mol. The van der Waals surface area contributed by atoms with Crippen LogP contribution in [0.15, 0.2) is 18.2 Å². The van der Waals surface area contributed by atoms with Crippen molar-refractivity contribution in [3.8, 4) is 5.75 Å². The molecule has 0 bridgehead atoms. The van der Waals surface area contributed by atoms with Crippen molar-refractivity contribution in [1.82, 2.24) is 4.90 Å². The first kappa shape index (κ1) is 13.6. The maximum atomic E-state index is 14.0. The summed E-state index contributed by atoms with van der Waals surface area (Å²) in [7, 11) is 1.49. The lowest BCUT2D eigenvalue weighted by Gasteiger charge is -2.34. The molecule has 0 aromatic heterocycles. The second kappa shape index (κ2) is 5.89. The van der Waals surface area contributed by atoms with Crippen molar-refractivity contribution >= 4 is 11.6 Å². The van der Waals surface area contributed by atoms with Gasteiger partial charge in [0.05, 0.1) is 7.11 Å². The minimum Gasteiger partial charge on any atom is -0.494 e. The smallest absolute Gasteiger partial charge is 0.169 e. The maximum Gasteiger partial charge on any atom is 0.169 e. The Morgan fingerprint density at radius 3 is 2.94 bits per heavy atom. The first-order chi connectivity index (χ1) is 8.61. The maximum absolute atomic E-state index is 14.0. The Hall–Kier alpha value is -0.800. The van der Waals surface area contributed by atoms with Crippen molar-refractivity contribution < 1.29 is 9.13 Å². The number of methoxy groups -OCH3 is 1. The number of benzene rings is 1. The summed E-state index contributed by atoms with van der Waals surface area (Å²) >= 11 is 6.27. The Morgan fingerprint density at radius 1 is 1.50 bits per heavy atom. The fraction of sp³-hybridized carbons (Fsp3) is 0.571. The quantitative estimate of drug-likeness (QED) is 0.783. The highest BCUT2D eigenvalue weighted by Crippen LogP contribution is 2.25. The van der Waals surface area contributed by atoms with Crippen LogP contribution in [0.1, 0.15) is 18.9 Å². The van der Waals surface area contributed by atoms with Gasteiger partial charge in [-0.05, 0) is 24.9 Å². The van der Waals surface area contributed by atoms with Crippen molar-refractivity contribution in [2.24, 2.45) is 5.92 Å². The van der Waals surface area contributed by atoms with Crippen LogP contribution in [-0.4, -0.2) is 30.5 Å². The third-order valence-electron chi connectivity index (χ3n) is 3.61. The standard InChI is InChI=1S/C14H19ClFNO/c1-10-6-7-17(9-12(10)15)8-11-4-3-5-13(18-2)14(11)16/h3-5,10,12H,6-9H2,1-2H3. The number of rotatable bonds is 3. The highest BCUT2D eigenvalue weighted by Gasteiger charge is 2.25. The summed E-state index contributed by atoms with van der Waals surface area (Å²) in [5, 5.41) is 0.160. The summed E-state index contributed by atoms with van der Waals surface area (Å²) in [6, 6.07) is 5.27. The van der Waals surface area contributed by atoms with Gasteiger partial charge < -0.3 is 4.74 Å². The van der Waals surface area contributed by atoms with Crippen LogP contribution in [0, 0.1) is 11.7 Å². The fourth-order valence-corrected chi connectivity index (χ4v) is 2.63. The van der Waals surface area contributed by atoms with Gasteiger partial charge in [-0.2, -0.15) is 0 Å². The Balaban J connectivity index is 2.06. The van der Waals surface area contributed by atoms with E-state index in [4.69, 9.17) is 16.3 Å². The van der Waals surface area contributed by atoms with Crippen molar-refractivity contribution in [1.29, 1.82) is 0 Å². The molecule has 1 heterocycles. The number of hydrogen-bond acceptors (Lipinski definition) is 2. The van der Waals surface area contributed by atoms with E-state index in [9.17, 15) is 4.39 Å². The molecule has 2 atom stereocenters. The van der Waals surface area contributed by atoms with Gasteiger partial charge in [-0.1, -0.05) is 19.1 Å². The lowest BCUT2D eigenvalue weighted by atomic mass is 9.98. The largest absolute Gasteiger partial charge is 0.494 e. The molecule has 1 aromatic carbocycles. The van der Waals surface area contributed by atoms with Gasteiger partial charge in [0.15, 0.2) is 11.6 Å². The molecule has 0 aliphatic carbocycles. The molecule has 0 radical (unpaired) electrons. The van der Waals surface area contributed by atoms with E-state index in [0.29, 0.717) is 23.8 Å². The molecule has 1 fully saturated rings. The van der Waals surface area contributed by atoms with Crippen LogP contribution in [-0.2, 0) is 6.54 Å². The summed E-state index contributed by atoms with van der Waals surface area (Å²) in [5.74, 6) is 0.586. The number of ether oxygens (including phenoxy) is 1. The summed E-state index contributed by atoms with van der Waals surface area (Å²) in [6.45, 7) is 4.56. The molecule has 1 saturated heterocycles. The predicted molar refractivity (Wildman–Crippen MR) is 71.7 cm³/mol. The van der Waals surface area contributed by atoms with Crippen LogP contribution in [0.3, 0.4) is 0 Å². The van der Waals surface area contributed by atoms with Crippen molar-refractivity contribution in [2.75, 3.05) is 20.2 Å². The van der Waals surface area contributed by atoms with E-state index >= 15 is 0 Å². The zero-order valence-corrected chi connectivity index (χ0v) is 11.6. The molecule has 0 saturated carbocycles. The third-order valence-corrected chi connectivity index (χ3v) is 4.18. The van der Waals surface area contributed by atoms with E-state index in [2.05, 4.69) is 11.8 Å². The van der Waals surface area contributed by atoms with Gasteiger partial charge in [0, 0.05) is 24.0 Å². The highest BCUT2D eigenvalue weighted by atomic mass is 35.5. The molecule has 0 N–H and O–H groups in total. The fourth-order valence-electron chi connectivity index (χ4n) is 2.31. The zero-order chi connectivity index (χ0) is 13.1. The summed E-state index contributed by atoms with van der Waals surface area (Å²) in [6.07, 6.45) is 1.07. The van der Waals surface area contributed by atoms with E-state index in [-0.39, 0.29) is 11.2 Å². The summed E-state index contributed by atoms with van der Waals surface area (Å²) in [4.78, 5) is 2.20. The molecular weight excluding hydrogens is 253 g/mol. The van der Waals surface area contributed by atoms with E-state index in [1.54, 1.807) is 12.1 Å². The topological polar surface area (TPSA) is 12.5 Å². The molecule has 2 nitrogen and oxygen atoms in total. The molecule has 4 heteroatoms. The molecule has 100 valence electrons. The molecule has 18 heavy (non-hydrogen) atoms. The minimum absolute atomic E-state index is 0.160. The minimum atomic E-state index is -0.259.